The third-order valence-electron chi connectivity index (χ3n) is 2.95. The number of hydrogen-bond acceptors (Lipinski definition) is 4. The van der Waals surface area contributed by atoms with Crippen LogP contribution in [0.1, 0.15) is 6.92 Å². The molecule has 16 heavy (non-hydrogen) atoms. The summed E-state index contributed by atoms with van der Waals surface area (Å²) in [6.07, 6.45) is 6.31. The molecule has 0 radical (unpaired) electrons. The van der Waals surface area contributed by atoms with Gasteiger partial charge in [0.15, 0.2) is 0 Å². The Morgan fingerprint density at radius 1 is 1.38 bits per heavy atom. The van der Waals surface area contributed by atoms with Crippen molar-refractivity contribution in [2.45, 2.75) is 6.92 Å². The van der Waals surface area contributed by atoms with E-state index in [1.165, 1.54) is 5.82 Å². The van der Waals surface area contributed by atoms with E-state index in [0.29, 0.717) is 6.54 Å². The molecule has 0 saturated carbocycles. The Labute approximate surface area is 96.6 Å². The number of ketones is 1. The van der Waals surface area contributed by atoms with Crippen molar-refractivity contribution in [2.75, 3.05) is 39.3 Å². The van der Waals surface area contributed by atoms with Crippen molar-refractivity contribution < 1.29 is 4.79 Å². The maximum atomic E-state index is 11.0. The summed E-state index contributed by atoms with van der Waals surface area (Å²) in [6, 6.07) is 0. The van der Waals surface area contributed by atoms with Gasteiger partial charge in [-0.2, -0.15) is 0 Å². The SMILES string of the molecule is CC(=O)CN1CCN(C2=CC=CCN2)CC1. The van der Waals surface area contributed by atoms with Crippen LogP contribution in [0.2, 0.25) is 0 Å². The van der Waals surface area contributed by atoms with Crippen LogP contribution in [0.25, 0.3) is 0 Å². The quantitative estimate of drug-likeness (QED) is 0.738. The van der Waals surface area contributed by atoms with Gasteiger partial charge in [-0.25, -0.2) is 0 Å². The monoisotopic (exact) mass is 221 g/mol. The highest BCUT2D eigenvalue weighted by Gasteiger charge is 2.19. The molecular formula is C12H19N3O. The van der Waals surface area contributed by atoms with Crippen molar-refractivity contribution in [2.24, 2.45) is 0 Å². The van der Waals surface area contributed by atoms with Gasteiger partial charge in [0.05, 0.1) is 6.54 Å². The Bertz CT molecular complexity index is 314. The molecule has 1 saturated heterocycles. The molecule has 2 aliphatic rings. The van der Waals surface area contributed by atoms with Crippen molar-refractivity contribution in [3.8, 4) is 0 Å². The van der Waals surface area contributed by atoms with Gasteiger partial charge in [0.25, 0.3) is 0 Å². The fraction of sp³-hybridized carbons (Fsp3) is 0.583. The number of hydrogen-bond donors (Lipinski definition) is 1. The number of carbonyl (C=O) groups excluding carboxylic acids is 1. The van der Waals surface area contributed by atoms with Gasteiger partial charge in [0.2, 0.25) is 0 Å². The van der Waals surface area contributed by atoms with Gasteiger partial charge in [-0.1, -0.05) is 12.2 Å². The molecule has 0 spiro atoms. The van der Waals surface area contributed by atoms with Gasteiger partial charge in [0.1, 0.15) is 11.6 Å². The smallest absolute Gasteiger partial charge is 0.143 e. The number of dihydropyridines is 1. The van der Waals surface area contributed by atoms with Gasteiger partial charge >= 0.3 is 0 Å². The van der Waals surface area contributed by atoms with E-state index in [-0.39, 0.29) is 5.78 Å². The molecule has 1 N–H and O–H groups in total. The zero-order valence-corrected chi connectivity index (χ0v) is 9.78. The van der Waals surface area contributed by atoms with Crippen molar-refractivity contribution in [3.63, 3.8) is 0 Å². The van der Waals surface area contributed by atoms with Crippen molar-refractivity contribution >= 4 is 5.78 Å². The van der Waals surface area contributed by atoms with E-state index in [0.717, 1.165) is 32.7 Å². The van der Waals surface area contributed by atoms with E-state index in [1.807, 2.05) is 0 Å². The minimum atomic E-state index is 0.256. The lowest BCUT2D eigenvalue weighted by Crippen LogP contribution is -2.49. The summed E-state index contributed by atoms with van der Waals surface area (Å²) in [6.45, 7) is 7.12. The lowest BCUT2D eigenvalue weighted by atomic mass is 10.2. The van der Waals surface area contributed by atoms with Crippen LogP contribution in [0.3, 0.4) is 0 Å². The summed E-state index contributed by atoms with van der Waals surface area (Å²) >= 11 is 0. The molecule has 2 rings (SSSR count). The standard InChI is InChI=1S/C12H19N3O/c1-11(16)10-14-6-8-15(9-7-14)12-4-2-3-5-13-12/h2-4,13H,5-10H2,1H3. The van der Waals surface area contributed by atoms with Crippen LogP contribution in [0.5, 0.6) is 0 Å². The van der Waals surface area contributed by atoms with E-state index >= 15 is 0 Å². The molecule has 0 unspecified atom stereocenters. The number of Topliss-reactive ketones (excluding diaryl/α,β-unsaturated/α-hetero) is 1. The highest BCUT2D eigenvalue weighted by atomic mass is 16.1. The number of rotatable bonds is 3. The van der Waals surface area contributed by atoms with Gasteiger partial charge < -0.3 is 10.2 Å². The first-order valence-electron chi connectivity index (χ1n) is 5.83. The second-order valence-electron chi connectivity index (χ2n) is 4.33. The average molecular weight is 221 g/mol. The predicted octanol–water partition coefficient (Wildman–Crippen LogP) is 0.194. The van der Waals surface area contributed by atoms with Crippen molar-refractivity contribution in [3.05, 3.63) is 24.0 Å². The fourth-order valence-electron chi connectivity index (χ4n) is 2.13. The van der Waals surface area contributed by atoms with Gasteiger partial charge in [-0.15, -0.1) is 0 Å². The molecule has 0 aliphatic carbocycles. The molecule has 0 atom stereocenters. The van der Waals surface area contributed by atoms with Crippen LogP contribution in [0.15, 0.2) is 24.0 Å². The highest BCUT2D eigenvalue weighted by Crippen LogP contribution is 2.09. The molecular weight excluding hydrogens is 202 g/mol. The Morgan fingerprint density at radius 2 is 2.12 bits per heavy atom. The van der Waals surface area contributed by atoms with E-state index in [1.54, 1.807) is 6.92 Å². The predicted molar refractivity (Wildman–Crippen MR) is 63.9 cm³/mol. The molecule has 0 bridgehead atoms. The normalized spacial score (nSPS) is 21.6. The molecule has 0 amide bonds. The van der Waals surface area contributed by atoms with E-state index < -0.39 is 0 Å². The van der Waals surface area contributed by atoms with E-state index in [9.17, 15) is 4.79 Å². The fourth-order valence-corrected chi connectivity index (χ4v) is 2.13. The molecule has 4 heteroatoms. The third-order valence-corrected chi connectivity index (χ3v) is 2.95. The Kier molecular flexibility index (Phi) is 3.62. The summed E-state index contributed by atoms with van der Waals surface area (Å²) in [5.74, 6) is 1.47. The maximum absolute atomic E-state index is 11.0. The van der Waals surface area contributed by atoms with Gasteiger partial charge in [0, 0.05) is 32.7 Å². The highest BCUT2D eigenvalue weighted by molar-refractivity contribution is 5.77. The van der Waals surface area contributed by atoms with Crippen molar-refractivity contribution in [1.82, 2.24) is 15.1 Å². The number of nitrogens with one attached hydrogen (secondary N) is 1. The van der Waals surface area contributed by atoms with E-state index in [2.05, 4.69) is 33.3 Å². The first-order chi connectivity index (χ1) is 7.75. The Hall–Kier alpha value is -1.29. The topological polar surface area (TPSA) is 35.6 Å². The Balaban J connectivity index is 1.83. The molecule has 2 aliphatic heterocycles. The first kappa shape index (κ1) is 11.2. The number of nitrogens with zero attached hydrogens (tertiary/aromatic N) is 2. The number of carbonyl (C=O) groups is 1. The number of allylic oxidation sites excluding steroid dienone is 2. The molecule has 1 fully saturated rings. The molecule has 0 aromatic carbocycles. The maximum Gasteiger partial charge on any atom is 0.143 e. The van der Waals surface area contributed by atoms with Crippen LogP contribution in [-0.4, -0.2) is 54.9 Å². The first-order valence-corrected chi connectivity index (χ1v) is 5.83. The summed E-state index contributed by atoms with van der Waals surface area (Å²) in [5, 5.41) is 3.36. The summed E-state index contributed by atoms with van der Waals surface area (Å²) in [5.41, 5.74) is 0. The van der Waals surface area contributed by atoms with Crippen LogP contribution >= 0.6 is 0 Å². The lowest BCUT2D eigenvalue weighted by molar-refractivity contribution is -0.118. The Morgan fingerprint density at radius 3 is 2.69 bits per heavy atom. The molecule has 88 valence electrons. The van der Waals surface area contributed by atoms with Gasteiger partial charge in [-0.05, 0) is 13.0 Å². The molecule has 0 aromatic heterocycles. The summed E-state index contributed by atoms with van der Waals surface area (Å²) in [4.78, 5) is 15.6. The largest absolute Gasteiger partial charge is 0.368 e. The van der Waals surface area contributed by atoms with Gasteiger partial charge in [-0.3, -0.25) is 9.69 Å². The van der Waals surface area contributed by atoms with Crippen LogP contribution in [-0.2, 0) is 4.79 Å². The zero-order chi connectivity index (χ0) is 11.4. The van der Waals surface area contributed by atoms with Crippen LogP contribution in [0.4, 0.5) is 0 Å². The molecule has 4 nitrogen and oxygen atoms in total. The summed E-state index contributed by atoms with van der Waals surface area (Å²) < 4.78 is 0. The molecule has 0 aromatic rings. The van der Waals surface area contributed by atoms with Crippen LogP contribution in [0, 0.1) is 0 Å². The second kappa shape index (κ2) is 5.16. The zero-order valence-electron chi connectivity index (χ0n) is 9.78. The summed E-state index contributed by atoms with van der Waals surface area (Å²) in [7, 11) is 0. The minimum absolute atomic E-state index is 0.256. The lowest BCUT2D eigenvalue weighted by Gasteiger charge is -2.37. The van der Waals surface area contributed by atoms with Crippen LogP contribution < -0.4 is 5.32 Å². The third kappa shape index (κ3) is 2.85. The molecule has 2 heterocycles. The second-order valence-corrected chi connectivity index (χ2v) is 4.33. The average Bonchev–Trinajstić information content (AvgIpc) is 2.30. The minimum Gasteiger partial charge on any atom is -0.368 e. The van der Waals surface area contributed by atoms with E-state index in [4.69, 9.17) is 0 Å². The number of piperazine rings is 1. The van der Waals surface area contributed by atoms with Crippen molar-refractivity contribution in [1.29, 1.82) is 0 Å².